The molecule has 1 N–H and O–H groups in total. The molecule has 1 aromatic carbocycles. The van der Waals surface area contributed by atoms with Crippen LogP contribution in [0.2, 0.25) is 0 Å². The number of hydrogen-bond donors (Lipinski definition) is 1. The van der Waals surface area contributed by atoms with Gasteiger partial charge in [-0.25, -0.2) is 0 Å². The van der Waals surface area contributed by atoms with E-state index in [2.05, 4.69) is 9.08 Å². The standard InChI is InChI=1S/C13H17F3N2O4S/c1-2-17-6-8-18(9-7-17)11-5-3-4-10(13(14,15)16)12(11)22-23(19,20)21/h3-5H,2,6-9H2,1H3,(H,19,20,21). The van der Waals surface area contributed by atoms with Gasteiger partial charge in [0, 0.05) is 26.2 Å². The van der Waals surface area contributed by atoms with Crippen molar-refractivity contribution in [3.8, 4) is 5.75 Å². The number of halogens is 3. The van der Waals surface area contributed by atoms with Gasteiger partial charge in [-0.3, -0.25) is 4.55 Å². The van der Waals surface area contributed by atoms with Crippen LogP contribution in [0.4, 0.5) is 18.9 Å². The minimum atomic E-state index is -5.07. The molecule has 10 heteroatoms. The summed E-state index contributed by atoms with van der Waals surface area (Å²) in [5.74, 6) is -0.896. The molecule has 0 radical (unpaired) electrons. The summed E-state index contributed by atoms with van der Waals surface area (Å²) in [6, 6.07) is 3.24. The van der Waals surface area contributed by atoms with Gasteiger partial charge < -0.3 is 14.0 Å². The van der Waals surface area contributed by atoms with Crippen molar-refractivity contribution in [1.82, 2.24) is 4.90 Å². The van der Waals surface area contributed by atoms with E-state index >= 15 is 0 Å². The molecule has 1 aliphatic heterocycles. The first-order chi connectivity index (χ1) is 10.6. The highest BCUT2D eigenvalue weighted by Crippen LogP contribution is 2.42. The Hall–Kier alpha value is -1.52. The Morgan fingerprint density at radius 2 is 1.83 bits per heavy atom. The summed E-state index contributed by atoms with van der Waals surface area (Å²) in [7, 11) is -5.07. The smallest absolute Gasteiger partial charge is 0.366 e. The Kier molecular flexibility index (Phi) is 5.07. The Morgan fingerprint density at radius 1 is 1.22 bits per heavy atom. The maximum Gasteiger partial charge on any atom is 0.446 e. The predicted molar refractivity (Wildman–Crippen MR) is 77.9 cm³/mol. The fourth-order valence-corrected chi connectivity index (χ4v) is 2.88. The third-order valence-corrected chi connectivity index (χ3v) is 4.03. The Morgan fingerprint density at radius 3 is 2.30 bits per heavy atom. The maximum atomic E-state index is 13.1. The van der Waals surface area contributed by atoms with Gasteiger partial charge in [0.25, 0.3) is 0 Å². The lowest BCUT2D eigenvalue weighted by atomic mass is 10.1. The van der Waals surface area contributed by atoms with Gasteiger partial charge in [-0.1, -0.05) is 13.0 Å². The molecule has 1 saturated heterocycles. The first kappa shape index (κ1) is 17.8. The minimum Gasteiger partial charge on any atom is -0.366 e. The first-order valence-corrected chi connectivity index (χ1v) is 8.32. The number of nitrogens with zero attached hydrogens (tertiary/aromatic N) is 2. The van der Waals surface area contributed by atoms with Crippen molar-refractivity contribution in [3.63, 3.8) is 0 Å². The average molecular weight is 354 g/mol. The highest BCUT2D eigenvalue weighted by molar-refractivity contribution is 7.81. The molecule has 0 unspecified atom stereocenters. The van der Waals surface area contributed by atoms with E-state index in [9.17, 15) is 21.6 Å². The Balaban J connectivity index is 2.43. The van der Waals surface area contributed by atoms with Crippen molar-refractivity contribution in [3.05, 3.63) is 23.8 Å². The molecule has 0 aliphatic carbocycles. The lowest BCUT2D eigenvalue weighted by molar-refractivity contribution is -0.138. The fraction of sp³-hybridized carbons (Fsp3) is 0.538. The van der Waals surface area contributed by atoms with Crippen molar-refractivity contribution in [1.29, 1.82) is 0 Å². The molecule has 1 aliphatic rings. The number of likely N-dealkylation sites (N-methyl/N-ethyl adjacent to an activating group) is 1. The summed E-state index contributed by atoms with van der Waals surface area (Å²) in [4.78, 5) is 3.73. The van der Waals surface area contributed by atoms with Crippen LogP contribution in [-0.4, -0.2) is 50.6 Å². The van der Waals surface area contributed by atoms with Crippen LogP contribution in [0.15, 0.2) is 18.2 Å². The van der Waals surface area contributed by atoms with E-state index in [0.29, 0.717) is 32.2 Å². The molecule has 1 heterocycles. The van der Waals surface area contributed by atoms with Crippen LogP contribution in [0.1, 0.15) is 12.5 Å². The van der Waals surface area contributed by atoms with E-state index in [4.69, 9.17) is 4.55 Å². The number of piperazine rings is 1. The quantitative estimate of drug-likeness (QED) is 0.835. The van der Waals surface area contributed by atoms with E-state index in [1.54, 1.807) is 4.90 Å². The van der Waals surface area contributed by atoms with E-state index in [1.165, 1.54) is 12.1 Å². The third-order valence-electron chi connectivity index (χ3n) is 3.65. The molecule has 1 fully saturated rings. The topological polar surface area (TPSA) is 70.1 Å². The van der Waals surface area contributed by atoms with Crippen LogP contribution < -0.4 is 9.08 Å². The van der Waals surface area contributed by atoms with E-state index in [1.807, 2.05) is 6.92 Å². The normalized spacial score (nSPS) is 17.3. The molecule has 1 aromatic rings. The SMILES string of the molecule is CCN1CCN(c2cccc(C(F)(F)F)c2OS(=O)(=O)O)CC1. The van der Waals surface area contributed by atoms with Gasteiger partial charge in [-0.2, -0.15) is 21.6 Å². The van der Waals surface area contributed by atoms with Crippen LogP contribution in [0.3, 0.4) is 0 Å². The summed E-state index contributed by atoms with van der Waals surface area (Å²) < 4.78 is 74.3. The second kappa shape index (κ2) is 6.54. The zero-order valence-corrected chi connectivity index (χ0v) is 13.2. The summed E-state index contributed by atoms with van der Waals surface area (Å²) in [6.07, 6.45) is -4.80. The van der Waals surface area contributed by atoms with Crippen molar-refractivity contribution < 1.29 is 30.3 Å². The zero-order valence-electron chi connectivity index (χ0n) is 12.4. The Labute approximate surface area is 132 Å². The average Bonchev–Trinajstić information content (AvgIpc) is 2.45. The number of hydrogen-bond acceptors (Lipinski definition) is 5. The molecular weight excluding hydrogens is 337 g/mol. The molecule has 0 bridgehead atoms. The van der Waals surface area contributed by atoms with E-state index in [-0.39, 0.29) is 5.69 Å². The second-order valence-electron chi connectivity index (χ2n) is 5.08. The summed E-state index contributed by atoms with van der Waals surface area (Å²) >= 11 is 0. The van der Waals surface area contributed by atoms with Crippen molar-refractivity contribution in [2.75, 3.05) is 37.6 Å². The van der Waals surface area contributed by atoms with E-state index < -0.39 is 27.9 Å². The lowest BCUT2D eigenvalue weighted by Crippen LogP contribution is -2.46. The van der Waals surface area contributed by atoms with Gasteiger partial charge in [0.05, 0.1) is 5.69 Å². The molecule has 0 atom stereocenters. The van der Waals surface area contributed by atoms with Gasteiger partial charge in [-0.15, -0.1) is 0 Å². The zero-order chi connectivity index (χ0) is 17.3. The number of rotatable bonds is 4. The monoisotopic (exact) mass is 354 g/mol. The van der Waals surface area contributed by atoms with Crippen LogP contribution >= 0.6 is 0 Å². The molecule has 23 heavy (non-hydrogen) atoms. The Bertz CT molecular complexity index is 656. The third kappa shape index (κ3) is 4.49. The minimum absolute atomic E-state index is 0.00629. The lowest BCUT2D eigenvalue weighted by Gasteiger charge is -2.36. The van der Waals surface area contributed by atoms with Gasteiger partial charge >= 0.3 is 16.6 Å². The number of para-hydroxylation sites is 1. The van der Waals surface area contributed by atoms with Crippen molar-refractivity contribution in [2.45, 2.75) is 13.1 Å². The number of anilines is 1. The van der Waals surface area contributed by atoms with Crippen LogP contribution in [0, 0.1) is 0 Å². The summed E-state index contributed by atoms with van der Waals surface area (Å²) in [5.41, 5.74) is -1.25. The molecule has 0 aromatic heterocycles. The first-order valence-electron chi connectivity index (χ1n) is 6.96. The molecule has 0 amide bonds. The van der Waals surface area contributed by atoms with Gasteiger partial charge in [-0.05, 0) is 18.7 Å². The van der Waals surface area contributed by atoms with Gasteiger partial charge in [0.1, 0.15) is 5.56 Å². The number of alkyl halides is 3. The van der Waals surface area contributed by atoms with Crippen LogP contribution in [0.5, 0.6) is 5.75 Å². The van der Waals surface area contributed by atoms with Crippen molar-refractivity contribution >= 4 is 16.1 Å². The highest BCUT2D eigenvalue weighted by Gasteiger charge is 2.38. The maximum absolute atomic E-state index is 13.1. The molecule has 0 spiro atoms. The van der Waals surface area contributed by atoms with Crippen LogP contribution in [0.25, 0.3) is 0 Å². The second-order valence-corrected chi connectivity index (χ2v) is 6.11. The van der Waals surface area contributed by atoms with Crippen molar-refractivity contribution in [2.24, 2.45) is 0 Å². The van der Waals surface area contributed by atoms with Crippen LogP contribution in [-0.2, 0) is 16.6 Å². The fourth-order valence-electron chi connectivity index (χ4n) is 2.49. The highest BCUT2D eigenvalue weighted by atomic mass is 32.3. The molecular formula is C13H17F3N2O4S. The van der Waals surface area contributed by atoms with E-state index in [0.717, 1.165) is 6.54 Å². The summed E-state index contributed by atoms with van der Waals surface area (Å²) in [6.45, 7) is 4.93. The summed E-state index contributed by atoms with van der Waals surface area (Å²) in [5, 5.41) is 0. The number of benzene rings is 1. The molecule has 130 valence electrons. The largest absolute Gasteiger partial charge is 0.446 e. The molecule has 2 rings (SSSR count). The molecule has 6 nitrogen and oxygen atoms in total. The predicted octanol–water partition coefficient (Wildman–Crippen LogP) is 2.03. The van der Waals surface area contributed by atoms with Gasteiger partial charge in [0.15, 0.2) is 5.75 Å². The molecule has 0 saturated carbocycles. The van der Waals surface area contributed by atoms with Gasteiger partial charge in [0.2, 0.25) is 0 Å².